The largest absolute Gasteiger partial charge is 0.502 e. The van der Waals surface area contributed by atoms with Crippen LogP contribution in [0.3, 0.4) is 0 Å². The van der Waals surface area contributed by atoms with E-state index in [4.69, 9.17) is 23.7 Å². The van der Waals surface area contributed by atoms with Gasteiger partial charge in [-0.05, 0) is 85.6 Å². The van der Waals surface area contributed by atoms with Crippen LogP contribution in [-0.2, 0) is 14.3 Å². The summed E-state index contributed by atoms with van der Waals surface area (Å²) in [5.74, 6) is 0.131. The van der Waals surface area contributed by atoms with E-state index in [1.54, 1.807) is 12.1 Å². The van der Waals surface area contributed by atoms with E-state index in [0.717, 1.165) is 42.6 Å². The second-order valence-electron chi connectivity index (χ2n) is 12.4. The number of phenolic OH excluding ortho intramolecular Hbond substituents is 1. The first-order valence-corrected chi connectivity index (χ1v) is 15.5. The first kappa shape index (κ1) is 28.1. The first-order valence-electron chi connectivity index (χ1n) is 15.5. The van der Waals surface area contributed by atoms with Crippen LogP contribution in [0.25, 0.3) is 0 Å². The van der Waals surface area contributed by atoms with Crippen LogP contribution in [-0.4, -0.2) is 86.6 Å². The number of ether oxygens (including phenoxy) is 5. The molecule has 0 saturated carbocycles. The number of carbonyl (C=O) groups excluding carboxylic acids is 2. The minimum atomic E-state index is -0.519. The molecule has 3 fully saturated rings. The zero-order valence-electron chi connectivity index (χ0n) is 24.9. The number of methoxy groups -OCH3 is 2. The Morgan fingerprint density at radius 1 is 0.907 bits per heavy atom. The average Bonchev–Trinajstić information content (AvgIpc) is 3.67. The van der Waals surface area contributed by atoms with Crippen molar-refractivity contribution in [2.45, 2.75) is 56.4 Å². The third-order valence-electron chi connectivity index (χ3n) is 10.3. The maximum Gasteiger partial charge on any atom is 0.310 e. The fraction of sp³-hybridized carbons (Fsp3) is 0.576. The molecular formula is C33H40N2O8. The summed E-state index contributed by atoms with van der Waals surface area (Å²) >= 11 is 0. The van der Waals surface area contributed by atoms with Crippen LogP contribution in [0.2, 0.25) is 0 Å². The van der Waals surface area contributed by atoms with Crippen molar-refractivity contribution < 1.29 is 38.4 Å². The quantitative estimate of drug-likeness (QED) is 0.498. The Balaban J connectivity index is 1.22. The summed E-state index contributed by atoms with van der Waals surface area (Å²) in [7, 11) is 2.96. The van der Waals surface area contributed by atoms with E-state index in [9.17, 15) is 14.7 Å². The van der Waals surface area contributed by atoms with Crippen molar-refractivity contribution in [2.75, 3.05) is 53.8 Å². The molecule has 0 bridgehead atoms. The molecule has 10 nitrogen and oxygen atoms in total. The molecule has 4 atom stereocenters. The van der Waals surface area contributed by atoms with Gasteiger partial charge in [0.05, 0.1) is 26.7 Å². The fourth-order valence-corrected chi connectivity index (χ4v) is 8.11. The van der Waals surface area contributed by atoms with Crippen molar-refractivity contribution >= 4 is 11.9 Å². The lowest BCUT2D eigenvalue weighted by Gasteiger charge is -2.42. The molecule has 2 aromatic rings. The van der Waals surface area contributed by atoms with Gasteiger partial charge in [-0.25, -0.2) is 0 Å². The van der Waals surface area contributed by atoms with E-state index in [1.165, 1.54) is 46.6 Å². The number of rotatable bonds is 6. The number of benzene rings is 2. The minimum absolute atomic E-state index is 0.103. The number of amides is 1. The smallest absolute Gasteiger partial charge is 0.310 e. The number of carbonyl (C=O) groups is 2. The number of fused-ring (bicyclic) bond motifs is 3. The van der Waals surface area contributed by atoms with Gasteiger partial charge >= 0.3 is 5.97 Å². The van der Waals surface area contributed by atoms with Crippen LogP contribution in [0.15, 0.2) is 24.3 Å². The molecule has 0 radical (unpaired) electrons. The van der Waals surface area contributed by atoms with Crippen LogP contribution in [0.1, 0.15) is 67.1 Å². The molecular weight excluding hydrogens is 552 g/mol. The second kappa shape index (κ2) is 11.4. The van der Waals surface area contributed by atoms with Gasteiger partial charge in [-0.2, -0.15) is 0 Å². The molecule has 4 heterocycles. The van der Waals surface area contributed by atoms with Crippen molar-refractivity contribution in [3.63, 3.8) is 0 Å². The molecule has 0 spiro atoms. The molecule has 1 aliphatic carbocycles. The molecule has 3 saturated heterocycles. The van der Waals surface area contributed by atoms with E-state index >= 15 is 0 Å². The third-order valence-corrected chi connectivity index (χ3v) is 10.3. The summed E-state index contributed by atoms with van der Waals surface area (Å²) in [4.78, 5) is 32.0. The number of piperidine rings is 2. The van der Waals surface area contributed by atoms with E-state index in [-0.39, 0.29) is 54.4 Å². The standard InChI is InChI=1S/C33H40N2O8/c1-39-27-12-19(13-28(40-2)32(27)37)30-23-15-26-25(42-18-43-26)14-21(23)22(24-17-41-33(38)31(24)30)16-29(36)35-10-6-20(7-11-35)34-8-4-3-5-9-34/h12-15,20,22,24,30-31,37H,3-11,16-18H2,1-2H3/t22-,24-,30-,31+/m1/s1. The Hall–Kier alpha value is -3.66. The van der Waals surface area contributed by atoms with Crippen molar-refractivity contribution in [1.29, 1.82) is 0 Å². The van der Waals surface area contributed by atoms with Crippen LogP contribution in [0.5, 0.6) is 28.7 Å². The fourth-order valence-electron chi connectivity index (χ4n) is 8.11. The number of phenols is 1. The number of cyclic esters (lactones) is 1. The van der Waals surface area contributed by atoms with Crippen LogP contribution in [0, 0.1) is 11.8 Å². The van der Waals surface area contributed by atoms with E-state index in [1.807, 2.05) is 17.0 Å². The highest BCUT2D eigenvalue weighted by atomic mass is 16.7. The van der Waals surface area contributed by atoms with E-state index in [0.29, 0.717) is 24.0 Å². The highest BCUT2D eigenvalue weighted by molar-refractivity contribution is 5.81. The highest BCUT2D eigenvalue weighted by Gasteiger charge is 2.53. The molecule has 43 heavy (non-hydrogen) atoms. The Kier molecular flexibility index (Phi) is 7.49. The van der Waals surface area contributed by atoms with Crippen molar-refractivity contribution in [2.24, 2.45) is 11.8 Å². The van der Waals surface area contributed by atoms with Crippen LogP contribution >= 0.6 is 0 Å². The number of aromatic hydroxyl groups is 1. The van der Waals surface area contributed by atoms with Gasteiger partial charge in [-0.1, -0.05) is 6.42 Å². The van der Waals surface area contributed by atoms with Gasteiger partial charge in [0.15, 0.2) is 23.0 Å². The summed E-state index contributed by atoms with van der Waals surface area (Å²) in [6.07, 6.45) is 6.17. The summed E-state index contributed by atoms with van der Waals surface area (Å²) in [6, 6.07) is 7.98. The number of hydrogen-bond acceptors (Lipinski definition) is 9. The Bertz CT molecular complexity index is 1370. The summed E-state index contributed by atoms with van der Waals surface area (Å²) in [5.41, 5.74) is 2.61. The van der Waals surface area contributed by atoms with Gasteiger partial charge in [0.2, 0.25) is 18.4 Å². The van der Waals surface area contributed by atoms with Gasteiger partial charge in [0.1, 0.15) is 0 Å². The maximum absolute atomic E-state index is 13.9. The summed E-state index contributed by atoms with van der Waals surface area (Å²) in [6.45, 7) is 4.23. The number of likely N-dealkylation sites (tertiary alicyclic amines) is 2. The lowest BCUT2D eigenvalue weighted by atomic mass is 9.62. The highest BCUT2D eigenvalue weighted by Crippen LogP contribution is 2.57. The van der Waals surface area contributed by atoms with Gasteiger partial charge in [-0.3, -0.25) is 9.59 Å². The van der Waals surface area contributed by atoms with Crippen molar-refractivity contribution in [3.05, 3.63) is 41.0 Å². The van der Waals surface area contributed by atoms with Crippen molar-refractivity contribution in [1.82, 2.24) is 9.80 Å². The third kappa shape index (κ3) is 4.93. The van der Waals surface area contributed by atoms with E-state index < -0.39 is 11.8 Å². The Morgan fingerprint density at radius 3 is 2.21 bits per heavy atom. The number of nitrogens with zero attached hydrogens (tertiary/aromatic N) is 2. The molecule has 10 heteroatoms. The molecule has 1 amide bonds. The summed E-state index contributed by atoms with van der Waals surface area (Å²) in [5, 5.41) is 10.6. The van der Waals surface area contributed by atoms with E-state index in [2.05, 4.69) is 4.90 Å². The zero-order chi connectivity index (χ0) is 29.7. The zero-order valence-corrected chi connectivity index (χ0v) is 24.9. The molecule has 0 unspecified atom stereocenters. The lowest BCUT2D eigenvalue weighted by Crippen LogP contribution is -2.48. The molecule has 2 aromatic carbocycles. The number of esters is 1. The molecule has 0 aromatic heterocycles. The first-order chi connectivity index (χ1) is 21.0. The normalized spacial score (nSPS) is 26.9. The summed E-state index contributed by atoms with van der Waals surface area (Å²) < 4.78 is 28.2. The molecule has 5 aliphatic rings. The Labute approximate surface area is 251 Å². The molecule has 4 aliphatic heterocycles. The monoisotopic (exact) mass is 592 g/mol. The molecule has 1 N–H and O–H groups in total. The van der Waals surface area contributed by atoms with Gasteiger partial charge in [0.25, 0.3) is 0 Å². The SMILES string of the molecule is COc1cc([C@@H]2c3cc4c(cc3[C@@H](CC(=O)N3CCC(N5CCCCC5)CC3)[C@H]3COC(=O)[C@H]23)OCO4)cc(OC)c1O. The second-order valence-corrected chi connectivity index (χ2v) is 12.4. The predicted molar refractivity (Wildman–Crippen MR) is 156 cm³/mol. The van der Waals surface area contributed by atoms with Gasteiger partial charge in [0, 0.05) is 37.4 Å². The van der Waals surface area contributed by atoms with Gasteiger partial charge < -0.3 is 38.6 Å². The van der Waals surface area contributed by atoms with Crippen molar-refractivity contribution in [3.8, 4) is 28.7 Å². The predicted octanol–water partition coefficient (Wildman–Crippen LogP) is 4.02. The maximum atomic E-state index is 13.9. The number of hydrogen-bond donors (Lipinski definition) is 1. The minimum Gasteiger partial charge on any atom is -0.502 e. The van der Waals surface area contributed by atoms with Crippen LogP contribution < -0.4 is 18.9 Å². The Morgan fingerprint density at radius 2 is 1.56 bits per heavy atom. The van der Waals surface area contributed by atoms with Gasteiger partial charge in [-0.15, -0.1) is 0 Å². The molecule has 230 valence electrons. The van der Waals surface area contributed by atoms with Crippen LogP contribution in [0.4, 0.5) is 0 Å². The lowest BCUT2D eigenvalue weighted by molar-refractivity contribution is -0.142. The average molecular weight is 593 g/mol. The topological polar surface area (TPSA) is 107 Å². The molecule has 7 rings (SSSR count).